The van der Waals surface area contributed by atoms with Crippen LogP contribution in [0.4, 0.5) is 22.0 Å². The number of nitrogens with zero attached hydrogens (tertiary/aromatic N) is 3. The van der Waals surface area contributed by atoms with E-state index in [1.54, 1.807) is 0 Å². The van der Waals surface area contributed by atoms with Crippen molar-refractivity contribution < 1.29 is 52.0 Å². The van der Waals surface area contributed by atoms with E-state index >= 15 is 9.18 Å². The third-order valence-electron chi connectivity index (χ3n) is 8.39. The lowest BCUT2D eigenvalue weighted by Crippen LogP contribution is -2.48. The third-order valence-corrected chi connectivity index (χ3v) is 9.19. The summed E-state index contributed by atoms with van der Waals surface area (Å²) in [6, 6.07) is 6.51. The highest BCUT2D eigenvalue weighted by molar-refractivity contribution is 7.98. The first-order valence-corrected chi connectivity index (χ1v) is 16.9. The van der Waals surface area contributed by atoms with Crippen LogP contribution in [-0.2, 0) is 34.4 Å². The summed E-state index contributed by atoms with van der Waals surface area (Å²) in [4.78, 5) is 31.2. The first kappa shape index (κ1) is 23.3. The average molecular weight is 765 g/mol. The lowest BCUT2D eigenvalue weighted by atomic mass is 10.00. The number of pyridine rings is 1. The number of piperidine rings is 1. The van der Waals surface area contributed by atoms with Gasteiger partial charge in [0.2, 0.25) is 5.91 Å². The van der Waals surface area contributed by atoms with Gasteiger partial charge in [0.15, 0.2) is 17.1 Å². The molecule has 1 amide bonds. The molecule has 4 aromatic carbocycles. The summed E-state index contributed by atoms with van der Waals surface area (Å²) in [6.45, 7) is -9.34. The van der Waals surface area contributed by atoms with Gasteiger partial charge in [-0.3, -0.25) is 9.59 Å². The Morgan fingerprint density at radius 3 is 2.40 bits per heavy atom. The highest BCUT2D eigenvalue weighted by atomic mass is 32.2. The lowest BCUT2D eigenvalue weighted by Gasteiger charge is -2.39. The molecule has 53 heavy (non-hydrogen) atoms. The van der Waals surface area contributed by atoms with E-state index in [1.807, 2.05) is 0 Å². The van der Waals surface area contributed by atoms with Gasteiger partial charge in [-0.05, 0) is 72.3 Å². The van der Waals surface area contributed by atoms with Crippen LogP contribution >= 0.6 is 11.8 Å². The summed E-state index contributed by atoms with van der Waals surface area (Å²) in [5.41, 5.74) is -7.45. The highest BCUT2D eigenvalue weighted by Gasteiger charge is 2.31. The molecular weight excluding hydrogens is 710 g/mol. The molecule has 1 fully saturated rings. The van der Waals surface area contributed by atoms with Crippen LogP contribution in [0.2, 0.25) is 0 Å². The summed E-state index contributed by atoms with van der Waals surface area (Å²) < 4.78 is 203. The Labute approximate surface area is 330 Å². The van der Waals surface area contributed by atoms with Crippen LogP contribution in [0, 0.1) is 18.6 Å². The van der Waals surface area contributed by atoms with Crippen LogP contribution in [0.25, 0.3) is 22.0 Å². The van der Waals surface area contributed by atoms with Crippen molar-refractivity contribution in [2.24, 2.45) is 0 Å². The van der Waals surface area contributed by atoms with Crippen molar-refractivity contribution in [3.8, 4) is 11.1 Å². The Hall–Kier alpha value is -4.52. The molecule has 0 N–H and O–H groups in total. The van der Waals surface area contributed by atoms with E-state index in [0.29, 0.717) is 16.5 Å². The number of carbonyl (C=O) groups excluding carboxylic acids is 1. The molecule has 1 saturated heterocycles. The minimum Gasteiger partial charge on any atom is -0.383 e. The maximum absolute atomic E-state index is 15.4. The number of fused-ring (bicyclic) bond motifs is 1. The van der Waals surface area contributed by atoms with E-state index in [1.165, 1.54) is 41.3 Å². The number of amides is 1. The molecule has 0 radical (unpaired) electrons. The van der Waals surface area contributed by atoms with Crippen molar-refractivity contribution in [2.75, 3.05) is 33.2 Å². The number of methoxy groups -OCH3 is 1. The van der Waals surface area contributed by atoms with Crippen molar-refractivity contribution in [1.82, 2.24) is 14.4 Å². The van der Waals surface area contributed by atoms with Gasteiger partial charge in [-0.15, -0.1) is 11.8 Å². The zero-order valence-electron chi connectivity index (χ0n) is 42.8. The van der Waals surface area contributed by atoms with Crippen LogP contribution in [0.1, 0.15) is 55.7 Å². The zero-order valence-corrected chi connectivity index (χ0v) is 28.6. The minimum absolute atomic E-state index is 0.160. The number of thioether (sulfide) groups is 1. The molecule has 0 aliphatic carbocycles. The molecule has 1 aliphatic rings. The first-order chi connectivity index (χ1) is 31.2. The van der Waals surface area contributed by atoms with Gasteiger partial charge < -0.3 is 19.1 Å². The summed E-state index contributed by atoms with van der Waals surface area (Å²) >= 11 is -0.215. The first-order valence-electron chi connectivity index (χ1n) is 23.6. The third kappa shape index (κ3) is 9.17. The Morgan fingerprint density at radius 2 is 1.72 bits per heavy atom. The standard InChI is InChI=1S/C41H40F5N3O3S/c1-27-6-15-34-36(22-27)49(39(23-37(34)50)53-26-31-4-3-5-35(42)40(31)43)25-38(51)48(33-16-18-47(19-17-33)20-21-52-2)24-28-7-9-29(10-8-28)30-11-13-32(14-12-30)41(44,45)46/h3-15,22-23,33H,16-21,24-26H2,1-2H3/i2D3,6D,15D,21D2,22D,23D,24D2,25D2,26D2. The zero-order chi connectivity index (χ0) is 50.9. The predicted octanol–water partition coefficient (Wildman–Crippen LogP) is 8.71. The van der Waals surface area contributed by atoms with E-state index < -0.39 is 125 Å². The smallest absolute Gasteiger partial charge is 0.383 e. The van der Waals surface area contributed by atoms with Crippen molar-refractivity contribution in [1.29, 1.82) is 0 Å². The second kappa shape index (κ2) is 16.7. The monoisotopic (exact) mass is 764 g/mol. The number of halogens is 5. The Morgan fingerprint density at radius 1 is 1.02 bits per heavy atom. The molecule has 1 aromatic heterocycles. The number of hydrogen-bond acceptors (Lipinski definition) is 5. The molecule has 2 heterocycles. The predicted molar refractivity (Wildman–Crippen MR) is 198 cm³/mol. The molecule has 5 aromatic rings. The molecule has 6 rings (SSSR count). The van der Waals surface area contributed by atoms with Crippen molar-refractivity contribution in [2.45, 2.75) is 55.7 Å². The summed E-state index contributed by atoms with van der Waals surface area (Å²) in [6.07, 6.45) is -5.11. The number of ether oxygens (including phenoxy) is 1. The largest absolute Gasteiger partial charge is 0.416 e. The van der Waals surface area contributed by atoms with Gasteiger partial charge in [-0.25, -0.2) is 8.78 Å². The van der Waals surface area contributed by atoms with E-state index in [2.05, 4.69) is 4.74 Å². The van der Waals surface area contributed by atoms with Crippen molar-refractivity contribution in [3.63, 3.8) is 0 Å². The molecule has 6 nitrogen and oxygen atoms in total. The van der Waals surface area contributed by atoms with Crippen molar-refractivity contribution in [3.05, 3.63) is 135 Å². The van der Waals surface area contributed by atoms with Gasteiger partial charge in [0.25, 0.3) is 0 Å². The number of hydrogen-bond donors (Lipinski definition) is 0. The van der Waals surface area contributed by atoms with Crippen LogP contribution in [0.3, 0.4) is 0 Å². The molecule has 0 atom stereocenters. The fraction of sp³-hybridized carbons (Fsp3) is 0.317. The second-order valence-corrected chi connectivity index (χ2v) is 12.7. The summed E-state index contributed by atoms with van der Waals surface area (Å²) in [5, 5.41) is -1.99. The highest BCUT2D eigenvalue weighted by Crippen LogP contribution is 2.32. The molecule has 0 bridgehead atoms. The molecule has 1 aliphatic heterocycles. The molecule has 0 spiro atoms. The van der Waals surface area contributed by atoms with Crippen LogP contribution in [0.5, 0.6) is 0 Å². The van der Waals surface area contributed by atoms with Crippen LogP contribution < -0.4 is 5.43 Å². The quantitative estimate of drug-likeness (QED) is 0.0941. The van der Waals surface area contributed by atoms with Gasteiger partial charge >= 0.3 is 6.18 Å². The van der Waals surface area contributed by atoms with Gasteiger partial charge in [0, 0.05) is 64.6 Å². The van der Waals surface area contributed by atoms with Gasteiger partial charge in [0.05, 0.1) is 40.5 Å². The van der Waals surface area contributed by atoms with Crippen molar-refractivity contribution >= 4 is 28.6 Å². The van der Waals surface area contributed by atoms with Gasteiger partial charge in [-0.1, -0.05) is 54.6 Å². The molecule has 278 valence electrons. The average Bonchev–Trinajstić information content (AvgIpc) is 3.23. The topological polar surface area (TPSA) is 54.8 Å². The van der Waals surface area contributed by atoms with E-state index in [4.69, 9.17) is 15.1 Å². The van der Waals surface area contributed by atoms with E-state index in [-0.39, 0.29) is 59.0 Å². The number of carbonyl (C=O) groups is 1. The Bertz CT molecular complexity index is 2800. The Kier molecular flexibility index (Phi) is 7.32. The SMILES string of the molecule is [2H]c1c(C)c([2H])c2c(c1[2H])c(=O)c([2H])c(SC([2H])([2H])c1cccc(F)c1F)n2C([2H])([2H])C(=O)N(C1CCN(CC([2H])([2H])OC([2H])([2H])[2H])CC1)C([2H])([2H])c1ccc(-c2ccc(C(F)(F)F)cc2)cc1. The molecule has 0 unspecified atom stereocenters. The van der Waals surface area contributed by atoms with E-state index in [0.717, 1.165) is 31.2 Å². The van der Waals surface area contributed by atoms with Gasteiger partial charge in [-0.2, -0.15) is 13.2 Å². The Balaban J connectivity index is 1.53. The van der Waals surface area contributed by atoms with Gasteiger partial charge in [0.1, 0.15) is 6.50 Å². The summed E-state index contributed by atoms with van der Waals surface area (Å²) in [5.74, 6) is -4.97. The normalized spacial score (nSPS) is 19.6. The maximum Gasteiger partial charge on any atom is 0.416 e. The maximum atomic E-state index is 15.4. The molecule has 12 heteroatoms. The number of benzene rings is 4. The fourth-order valence-corrected chi connectivity index (χ4v) is 6.38. The van der Waals surface area contributed by atoms with Crippen LogP contribution in [0.15, 0.2) is 101 Å². The number of likely N-dealkylation sites (tertiary alicyclic amines) is 1. The van der Waals surface area contributed by atoms with E-state index in [9.17, 15) is 27.8 Å². The summed E-state index contributed by atoms with van der Waals surface area (Å²) in [7, 11) is -3.12. The lowest BCUT2D eigenvalue weighted by molar-refractivity contribution is -0.137. The molecule has 0 saturated carbocycles. The number of alkyl halides is 3. The minimum atomic E-state index is -4.63. The second-order valence-electron chi connectivity index (χ2n) is 11.9. The van der Waals surface area contributed by atoms with Crippen LogP contribution in [-0.4, -0.2) is 59.5 Å². The molecular formula is C41H40F5N3O3S. The number of rotatable bonds is 12. The fourth-order valence-electron chi connectivity index (χ4n) is 5.64. The number of aromatic nitrogens is 1.